The summed E-state index contributed by atoms with van der Waals surface area (Å²) in [6.45, 7) is 1.18. The van der Waals surface area contributed by atoms with E-state index in [1.54, 1.807) is 0 Å². The van der Waals surface area contributed by atoms with Crippen LogP contribution >= 0.6 is 12.2 Å². The Morgan fingerprint density at radius 1 is 1.42 bits per heavy atom. The van der Waals surface area contributed by atoms with Crippen molar-refractivity contribution in [3.05, 3.63) is 0 Å². The first-order chi connectivity index (χ1) is 5.83. The van der Waals surface area contributed by atoms with Crippen LogP contribution in [0.15, 0.2) is 0 Å². The molecule has 0 aromatic rings. The van der Waals surface area contributed by atoms with E-state index in [1.807, 2.05) is 7.05 Å². The fraction of sp³-hybridized carbons (Fsp3) is 0.889. The van der Waals surface area contributed by atoms with Gasteiger partial charge in [-0.25, -0.2) is 0 Å². The minimum Gasteiger partial charge on any atom is -0.366 e. The Labute approximate surface area is 79.3 Å². The standard InChI is InChI=1S/C9H16N2S/c1-10-9(12)11-6-5-7-3-2-4-8(7)11/h7-8H,2-6H2,1H3,(H,10,12). The lowest BCUT2D eigenvalue weighted by atomic mass is 10.1. The van der Waals surface area contributed by atoms with Crippen LogP contribution in [0.5, 0.6) is 0 Å². The van der Waals surface area contributed by atoms with Crippen molar-refractivity contribution >= 4 is 17.3 Å². The summed E-state index contributed by atoms with van der Waals surface area (Å²) in [5.74, 6) is 0.941. The van der Waals surface area contributed by atoms with Crippen LogP contribution in [0.2, 0.25) is 0 Å². The molecule has 12 heavy (non-hydrogen) atoms. The van der Waals surface area contributed by atoms with Crippen molar-refractivity contribution in [3.63, 3.8) is 0 Å². The fourth-order valence-corrected chi connectivity index (χ4v) is 2.86. The van der Waals surface area contributed by atoms with Crippen LogP contribution in [0.1, 0.15) is 25.7 Å². The van der Waals surface area contributed by atoms with E-state index < -0.39 is 0 Å². The van der Waals surface area contributed by atoms with E-state index in [1.165, 1.54) is 32.2 Å². The highest BCUT2D eigenvalue weighted by molar-refractivity contribution is 7.80. The zero-order valence-corrected chi connectivity index (χ0v) is 8.36. The first kappa shape index (κ1) is 8.30. The Hall–Kier alpha value is -0.310. The van der Waals surface area contributed by atoms with Gasteiger partial charge in [0, 0.05) is 19.6 Å². The first-order valence-electron chi connectivity index (χ1n) is 4.81. The summed E-state index contributed by atoms with van der Waals surface area (Å²) in [4.78, 5) is 2.38. The third-order valence-corrected chi connectivity index (χ3v) is 3.67. The van der Waals surface area contributed by atoms with Crippen LogP contribution in [-0.4, -0.2) is 29.6 Å². The minimum absolute atomic E-state index is 0.768. The van der Waals surface area contributed by atoms with Gasteiger partial charge in [-0.3, -0.25) is 0 Å². The molecular weight excluding hydrogens is 168 g/mol. The fourth-order valence-electron chi connectivity index (χ4n) is 2.63. The zero-order chi connectivity index (χ0) is 8.55. The van der Waals surface area contributed by atoms with E-state index >= 15 is 0 Å². The number of nitrogens with one attached hydrogen (secondary N) is 1. The predicted molar refractivity (Wildman–Crippen MR) is 54.1 cm³/mol. The zero-order valence-electron chi connectivity index (χ0n) is 7.55. The molecule has 2 aliphatic rings. The highest BCUT2D eigenvalue weighted by Gasteiger charge is 2.38. The molecule has 0 bridgehead atoms. The minimum atomic E-state index is 0.768. The maximum Gasteiger partial charge on any atom is 0.168 e. The lowest BCUT2D eigenvalue weighted by molar-refractivity contribution is 0.362. The van der Waals surface area contributed by atoms with E-state index in [2.05, 4.69) is 10.2 Å². The van der Waals surface area contributed by atoms with Crippen LogP contribution in [-0.2, 0) is 0 Å². The van der Waals surface area contributed by atoms with Crippen molar-refractivity contribution in [1.82, 2.24) is 10.2 Å². The summed E-state index contributed by atoms with van der Waals surface area (Å²) in [6, 6.07) is 0.768. The number of rotatable bonds is 0. The summed E-state index contributed by atoms with van der Waals surface area (Å²) in [7, 11) is 1.92. The summed E-state index contributed by atoms with van der Waals surface area (Å²) in [5, 5.41) is 4.03. The van der Waals surface area contributed by atoms with Crippen molar-refractivity contribution in [2.75, 3.05) is 13.6 Å². The SMILES string of the molecule is CNC(=S)N1CCC2CCCC21. The number of likely N-dealkylation sites (tertiary alicyclic amines) is 1. The van der Waals surface area contributed by atoms with Gasteiger partial charge in [0.2, 0.25) is 0 Å². The van der Waals surface area contributed by atoms with Crippen molar-refractivity contribution in [3.8, 4) is 0 Å². The molecule has 2 rings (SSSR count). The second-order valence-electron chi connectivity index (χ2n) is 3.80. The Morgan fingerprint density at radius 3 is 3.00 bits per heavy atom. The Balaban J connectivity index is 2.04. The molecule has 1 N–H and O–H groups in total. The average Bonchev–Trinajstić information content (AvgIpc) is 2.62. The number of fused-ring (bicyclic) bond motifs is 1. The molecule has 68 valence electrons. The van der Waals surface area contributed by atoms with Gasteiger partial charge in [-0.05, 0) is 37.4 Å². The van der Waals surface area contributed by atoms with Gasteiger partial charge in [0.25, 0.3) is 0 Å². The molecule has 1 aliphatic carbocycles. The van der Waals surface area contributed by atoms with Gasteiger partial charge >= 0.3 is 0 Å². The van der Waals surface area contributed by atoms with Crippen molar-refractivity contribution < 1.29 is 0 Å². The second-order valence-corrected chi connectivity index (χ2v) is 4.18. The maximum atomic E-state index is 5.25. The largest absolute Gasteiger partial charge is 0.366 e. The summed E-state index contributed by atoms with van der Waals surface area (Å²) in [6.07, 6.45) is 5.53. The third kappa shape index (κ3) is 1.20. The van der Waals surface area contributed by atoms with Crippen molar-refractivity contribution in [1.29, 1.82) is 0 Å². The molecule has 2 atom stereocenters. The van der Waals surface area contributed by atoms with Crippen LogP contribution in [0.4, 0.5) is 0 Å². The van der Waals surface area contributed by atoms with Gasteiger partial charge in [0.05, 0.1) is 0 Å². The topological polar surface area (TPSA) is 15.3 Å². The molecule has 0 spiro atoms. The summed E-state index contributed by atoms with van der Waals surface area (Å²) < 4.78 is 0. The lowest BCUT2D eigenvalue weighted by Gasteiger charge is -2.25. The molecule has 2 unspecified atom stereocenters. The van der Waals surface area contributed by atoms with E-state index in [-0.39, 0.29) is 0 Å². The molecule has 0 radical (unpaired) electrons. The van der Waals surface area contributed by atoms with E-state index in [9.17, 15) is 0 Å². The van der Waals surface area contributed by atoms with E-state index in [0.717, 1.165) is 17.1 Å². The summed E-state index contributed by atoms with van der Waals surface area (Å²) >= 11 is 5.25. The quantitative estimate of drug-likeness (QED) is 0.572. The Kier molecular flexibility index (Phi) is 2.22. The van der Waals surface area contributed by atoms with Crippen LogP contribution in [0.3, 0.4) is 0 Å². The molecule has 2 nitrogen and oxygen atoms in total. The number of hydrogen-bond acceptors (Lipinski definition) is 1. The Bertz CT molecular complexity index is 193. The average molecular weight is 184 g/mol. The Morgan fingerprint density at radius 2 is 2.25 bits per heavy atom. The van der Waals surface area contributed by atoms with Gasteiger partial charge in [-0.2, -0.15) is 0 Å². The number of thiocarbonyl (C=S) groups is 1. The van der Waals surface area contributed by atoms with Crippen molar-refractivity contribution in [2.24, 2.45) is 5.92 Å². The first-order valence-corrected chi connectivity index (χ1v) is 5.22. The smallest absolute Gasteiger partial charge is 0.168 e. The molecule has 1 aliphatic heterocycles. The summed E-state index contributed by atoms with van der Waals surface area (Å²) in [5.41, 5.74) is 0. The molecular formula is C9H16N2S. The van der Waals surface area contributed by atoms with E-state index in [0.29, 0.717) is 0 Å². The van der Waals surface area contributed by atoms with Crippen LogP contribution in [0, 0.1) is 5.92 Å². The lowest BCUT2D eigenvalue weighted by Crippen LogP contribution is -2.41. The van der Waals surface area contributed by atoms with Crippen LogP contribution in [0.25, 0.3) is 0 Å². The second kappa shape index (κ2) is 3.21. The molecule has 0 aromatic carbocycles. The van der Waals surface area contributed by atoms with Gasteiger partial charge in [0.1, 0.15) is 0 Å². The van der Waals surface area contributed by atoms with Gasteiger partial charge in [-0.15, -0.1) is 0 Å². The van der Waals surface area contributed by atoms with Gasteiger partial charge in [-0.1, -0.05) is 6.42 Å². The molecule has 2 fully saturated rings. The van der Waals surface area contributed by atoms with Gasteiger partial charge in [0.15, 0.2) is 5.11 Å². The normalized spacial score (nSPS) is 33.6. The van der Waals surface area contributed by atoms with Crippen LogP contribution < -0.4 is 5.32 Å². The monoisotopic (exact) mass is 184 g/mol. The third-order valence-electron chi connectivity index (χ3n) is 3.23. The molecule has 0 aromatic heterocycles. The highest BCUT2D eigenvalue weighted by Crippen LogP contribution is 2.37. The number of nitrogens with zero attached hydrogens (tertiary/aromatic N) is 1. The molecule has 1 saturated carbocycles. The number of hydrogen-bond donors (Lipinski definition) is 1. The van der Waals surface area contributed by atoms with E-state index in [4.69, 9.17) is 12.2 Å². The molecule has 0 amide bonds. The maximum absolute atomic E-state index is 5.25. The highest BCUT2D eigenvalue weighted by atomic mass is 32.1. The molecule has 1 heterocycles. The van der Waals surface area contributed by atoms with Crippen molar-refractivity contribution in [2.45, 2.75) is 31.7 Å². The van der Waals surface area contributed by atoms with Gasteiger partial charge < -0.3 is 10.2 Å². The predicted octanol–water partition coefficient (Wildman–Crippen LogP) is 1.37. The molecule has 1 saturated heterocycles. The molecule has 3 heteroatoms.